The van der Waals surface area contributed by atoms with E-state index in [1.54, 1.807) is 24.3 Å². The van der Waals surface area contributed by atoms with Crippen molar-refractivity contribution in [3.63, 3.8) is 0 Å². The van der Waals surface area contributed by atoms with E-state index in [1.807, 2.05) is 20.8 Å². The molecular formula is C15H20N6O. The van der Waals surface area contributed by atoms with E-state index < -0.39 is 5.84 Å². The lowest BCUT2D eigenvalue weighted by Gasteiger charge is -2.13. The summed E-state index contributed by atoms with van der Waals surface area (Å²) in [6, 6.07) is 7.03. The summed E-state index contributed by atoms with van der Waals surface area (Å²) >= 11 is 0. The first-order valence-corrected chi connectivity index (χ1v) is 6.82. The fraction of sp³-hybridized carbons (Fsp3) is 0.333. The van der Waals surface area contributed by atoms with Gasteiger partial charge in [0.1, 0.15) is 6.07 Å². The lowest BCUT2D eigenvalue weighted by atomic mass is 10.1. The van der Waals surface area contributed by atoms with Crippen molar-refractivity contribution in [2.45, 2.75) is 27.2 Å². The van der Waals surface area contributed by atoms with Crippen molar-refractivity contribution in [1.29, 1.82) is 10.7 Å². The maximum atomic E-state index is 11.8. The average molecular weight is 300 g/mol. The molecule has 0 fully saturated rings. The molecule has 1 aromatic rings. The Morgan fingerprint density at radius 3 is 2.64 bits per heavy atom. The zero-order valence-corrected chi connectivity index (χ0v) is 12.9. The predicted molar refractivity (Wildman–Crippen MR) is 87.8 cm³/mol. The average Bonchev–Trinajstić information content (AvgIpc) is 2.42. The van der Waals surface area contributed by atoms with Gasteiger partial charge in [0.15, 0.2) is 5.84 Å². The van der Waals surface area contributed by atoms with Gasteiger partial charge in [0.2, 0.25) is 11.6 Å². The minimum Gasteiger partial charge on any atom is -0.382 e. The molecule has 0 saturated heterocycles. The summed E-state index contributed by atoms with van der Waals surface area (Å²) in [5.41, 5.74) is 9.79. The summed E-state index contributed by atoms with van der Waals surface area (Å²) in [5, 5.41) is 22.6. The molecular weight excluding hydrogens is 280 g/mol. The minimum atomic E-state index is -0.408. The first-order chi connectivity index (χ1) is 10.3. The molecule has 1 amide bonds. The van der Waals surface area contributed by atoms with Crippen LogP contribution in [-0.4, -0.2) is 17.5 Å². The Hall–Kier alpha value is -2.88. The van der Waals surface area contributed by atoms with E-state index in [2.05, 4.69) is 15.8 Å². The van der Waals surface area contributed by atoms with Crippen LogP contribution in [0.1, 0.15) is 25.8 Å². The van der Waals surface area contributed by atoms with Crippen LogP contribution in [0.4, 0.5) is 11.4 Å². The largest absolute Gasteiger partial charge is 0.382 e. The molecule has 0 aromatic heterocycles. The molecule has 0 radical (unpaired) electrons. The van der Waals surface area contributed by atoms with Crippen LogP contribution in [0.25, 0.3) is 0 Å². The summed E-state index contributed by atoms with van der Waals surface area (Å²) in [4.78, 5) is 11.8. The van der Waals surface area contributed by atoms with Gasteiger partial charge in [-0.3, -0.25) is 15.6 Å². The first kappa shape index (κ1) is 17.2. The van der Waals surface area contributed by atoms with E-state index >= 15 is 0 Å². The number of nitrogens with two attached hydrogens (primary N) is 1. The number of hydrazone groups is 1. The van der Waals surface area contributed by atoms with Gasteiger partial charge in [0.25, 0.3) is 0 Å². The molecule has 0 unspecified atom stereocenters. The second kappa shape index (κ2) is 7.78. The molecule has 1 rings (SSSR count). The minimum absolute atomic E-state index is 0.0554. The number of carbonyl (C=O) groups is 1. The maximum absolute atomic E-state index is 11.8. The number of rotatable bonds is 6. The van der Waals surface area contributed by atoms with Crippen LogP contribution in [0.15, 0.2) is 23.3 Å². The third-order valence-corrected chi connectivity index (χ3v) is 2.85. The third kappa shape index (κ3) is 4.90. The monoisotopic (exact) mass is 300 g/mol. The molecule has 116 valence electrons. The molecule has 0 aliphatic carbocycles. The highest BCUT2D eigenvalue weighted by Gasteiger charge is 2.09. The van der Waals surface area contributed by atoms with Gasteiger partial charge in [0.05, 0.1) is 5.69 Å². The van der Waals surface area contributed by atoms with Crippen LogP contribution < -0.4 is 16.5 Å². The molecule has 0 aliphatic heterocycles. The second-order valence-electron chi connectivity index (χ2n) is 5.22. The highest BCUT2D eigenvalue weighted by Crippen LogP contribution is 2.23. The van der Waals surface area contributed by atoms with Crippen molar-refractivity contribution >= 4 is 28.8 Å². The van der Waals surface area contributed by atoms with E-state index in [0.29, 0.717) is 17.8 Å². The molecule has 0 atom stereocenters. The third-order valence-electron chi connectivity index (χ3n) is 2.85. The fourth-order valence-electron chi connectivity index (χ4n) is 1.73. The molecule has 0 heterocycles. The Balaban J connectivity index is 2.92. The molecule has 5 N–H and O–H groups in total. The number of nitrogens with one attached hydrogen (secondary N) is 3. The standard InChI is InChI=1S/C15H20N6O/c1-9(2)7-14(22)19-11-5-4-6-12(10(11)3)20-21-13(8-16)15(17)18/h4-6,9,20H,7H2,1-3H3,(H3,17,18)(H,19,22)/b21-13+. The van der Waals surface area contributed by atoms with Crippen molar-refractivity contribution < 1.29 is 4.79 Å². The van der Waals surface area contributed by atoms with Gasteiger partial charge >= 0.3 is 0 Å². The number of anilines is 2. The fourth-order valence-corrected chi connectivity index (χ4v) is 1.73. The number of amides is 1. The number of nitriles is 1. The van der Waals surface area contributed by atoms with Crippen LogP contribution in [0.2, 0.25) is 0 Å². The number of hydrogen-bond acceptors (Lipinski definition) is 5. The topological polar surface area (TPSA) is 127 Å². The lowest BCUT2D eigenvalue weighted by Crippen LogP contribution is -2.22. The smallest absolute Gasteiger partial charge is 0.224 e. The predicted octanol–water partition coefficient (Wildman–Crippen LogP) is 2.21. The Labute approximate surface area is 129 Å². The van der Waals surface area contributed by atoms with Gasteiger partial charge in [-0.1, -0.05) is 19.9 Å². The normalized spacial score (nSPS) is 11.0. The Bertz CT molecular complexity index is 642. The maximum Gasteiger partial charge on any atom is 0.224 e. The molecule has 0 spiro atoms. The van der Waals surface area contributed by atoms with Crippen LogP contribution in [-0.2, 0) is 4.79 Å². The summed E-state index contributed by atoms with van der Waals surface area (Å²) < 4.78 is 0. The van der Waals surface area contributed by atoms with Gasteiger partial charge in [-0.25, -0.2) is 0 Å². The van der Waals surface area contributed by atoms with E-state index in [9.17, 15) is 4.79 Å². The Morgan fingerprint density at radius 1 is 1.45 bits per heavy atom. The number of carbonyl (C=O) groups excluding carboxylic acids is 1. The summed E-state index contributed by atoms with van der Waals surface area (Å²) in [5.74, 6) is -0.186. The van der Waals surface area contributed by atoms with E-state index in [4.69, 9.17) is 16.4 Å². The van der Waals surface area contributed by atoms with Crippen LogP contribution in [0.3, 0.4) is 0 Å². The lowest BCUT2D eigenvalue weighted by molar-refractivity contribution is -0.116. The van der Waals surface area contributed by atoms with Gasteiger partial charge in [-0.15, -0.1) is 0 Å². The van der Waals surface area contributed by atoms with Crippen LogP contribution in [0.5, 0.6) is 0 Å². The highest BCUT2D eigenvalue weighted by atomic mass is 16.1. The molecule has 0 aliphatic rings. The van der Waals surface area contributed by atoms with Crippen LogP contribution >= 0.6 is 0 Å². The van der Waals surface area contributed by atoms with Crippen molar-refractivity contribution in [1.82, 2.24) is 0 Å². The zero-order chi connectivity index (χ0) is 16.7. The Morgan fingerprint density at radius 2 is 2.09 bits per heavy atom. The van der Waals surface area contributed by atoms with Gasteiger partial charge in [-0.2, -0.15) is 10.4 Å². The van der Waals surface area contributed by atoms with Crippen molar-refractivity contribution in [2.75, 3.05) is 10.7 Å². The summed E-state index contributed by atoms with van der Waals surface area (Å²) in [6.45, 7) is 5.78. The van der Waals surface area contributed by atoms with Gasteiger partial charge in [-0.05, 0) is 30.5 Å². The molecule has 22 heavy (non-hydrogen) atoms. The van der Waals surface area contributed by atoms with Crippen LogP contribution in [0, 0.1) is 29.6 Å². The van der Waals surface area contributed by atoms with Gasteiger partial charge < -0.3 is 11.1 Å². The Kier molecular flexibility index (Phi) is 6.08. The SMILES string of the molecule is Cc1c(N/N=C(\C#N)C(=N)N)cccc1NC(=O)CC(C)C. The number of amidine groups is 1. The number of hydrogen-bond donors (Lipinski definition) is 4. The zero-order valence-electron chi connectivity index (χ0n) is 12.9. The van der Waals surface area contributed by atoms with E-state index in [0.717, 1.165) is 5.56 Å². The molecule has 0 saturated carbocycles. The molecule has 7 heteroatoms. The first-order valence-electron chi connectivity index (χ1n) is 6.82. The van der Waals surface area contributed by atoms with E-state index in [1.165, 1.54) is 0 Å². The van der Waals surface area contributed by atoms with Crippen molar-refractivity contribution in [3.05, 3.63) is 23.8 Å². The summed E-state index contributed by atoms with van der Waals surface area (Å²) in [7, 11) is 0. The molecule has 0 bridgehead atoms. The van der Waals surface area contributed by atoms with E-state index in [-0.39, 0.29) is 17.5 Å². The second-order valence-corrected chi connectivity index (χ2v) is 5.22. The van der Waals surface area contributed by atoms with Crippen molar-refractivity contribution in [2.24, 2.45) is 16.8 Å². The molecule has 7 nitrogen and oxygen atoms in total. The highest BCUT2D eigenvalue weighted by molar-refractivity contribution is 6.45. The molecule has 1 aromatic carbocycles. The summed E-state index contributed by atoms with van der Waals surface area (Å²) in [6.07, 6.45) is 0.443. The van der Waals surface area contributed by atoms with Crippen molar-refractivity contribution in [3.8, 4) is 6.07 Å². The quantitative estimate of drug-likeness (QED) is 0.365. The number of benzene rings is 1. The van der Waals surface area contributed by atoms with Gasteiger partial charge in [0, 0.05) is 12.1 Å². The number of nitrogens with zero attached hydrogens (tertiary/aromatic N) is 2.